The molecule has 138 valence electrons. The molecule has 2 aromatic rings. The van der Waals surface area contributed by atoms with Crippen molar-refractivity contribution >= 4 is 23.7 Å². The van der Waals surface area contributed by atoms with Gasteiger partial charge in [-0.2, -0.15) is 11.8 Å². The Morgan fingerprint density at radius 2 is 1.96 bits per heavy atom. The zero-order valence-electron chi connectivity index (χ0n) is 15.2. The van der Waals surface area contributed by atoms with Crippen molar-refractivity contribution in [2.45, 2.75) is 12.7 Å². The Morgan fingerprint density at radius 3 is 2.69 bits per heavy atom. The molecule has 0 atom stereocenters. The van der Waals surface area contributed by atoms with Gasteiger partial charge in [0.25, 0.3) is 5.91 Å². The van der Waals surface area contributed by atoms with Gasteiger partial charge in [-0.15, -0.1) is 0 Å². The predicted molar refractivity (Wildman–Crippen MR) is 109 cm³/mol. The molecule has 0 bridgehead atoms. The maximum absolute atomic E-state index is 11.9. The minimum atomic E-state index is -0.134. The highest BCUT2D eigenvalue weighted by molar-refractivity contribution is 7.98. The highest BCUT2D eigenvalue weighted by atomic mass is 32.2. The van der Waals surface area contributed by atoms with Gasteiger partial charge in [0.1, 0.15) is 0 Å². The van der Waals surface area contributed by atoms with Gasteiger partial charge in [0, 0.05) is 18.1 Å². The monoisotopic (exact) mass is 371 g/mol. The summed E-state index contributed by atoms with van der Waals surface area (Å²) < 4.78 is 10.9. The molecule has 0 aromatic heterocycles. The van der Waals surface area contributed by atoms with E-state index >= 15 is 0 Å². The first-order valence-corrected chi connectivity index (χ1v) is 9.70. The molecule has 0 heterocycles. The molecule has 4 nitrogen and oxygen atoms in total. The van der Waals surface area contributed by atoms with Crippen LogP contribution in [0.1, 0.15) is 18.1 Å². The summed E-state index contributed by atoms with van der Waals surface area (Å²) in [4.78, 5) is 11.9. The number of hydrogen-bond acceptors (Lipinski definition) is 4. The van der Waals surface area contributed by atoms with Crippen molar-refractivity contribution in [2.24, 2.45) is 0 Å². The van der Waals surface area contributed by atoms with E-state index in [9.17, 15) is 4.79 Å². The molecular weight excluding hydrogens is 346 g/mol. The average Bonchev–Trinajstić information content (AvgIpc) is 2.67. The van der Waals surface area contributed by atoms with Crippen molar-refractivity contribution in [2.75, 3.05) is 26.0 Å². The fourth-order valence-corrected chi connectivity index (χ4v) is 3.14. The van der Waals surface area contributed by atoms with Crippen LogP contribution in [0.15, 0.2) is 54.6 Å². The van der Waals surface area contributed by atoms with Gasteiger partial charge < -0.3 is 14.8 Å². The third-order valence-corrected chi connectivity index (χ3v) is 4.62. The molecule has 2 rings (SSSR count). The maximum Gasteiger partial charge on any atom is 0.257 e. The van der Waals surface area contributed by atoms with E-state index in [1.54, 1.807) is 18.9 Å². The van der Waals surface area contributed by atoms with Gasteiger partial charge in [0.05, 0.1) is 7.11 Å². The van der Waals surface area contributed by atoms with Crippen molar-refractivity contribution in [1.29, 1.82) is 0 Å². The van der Waals surface area contributed by atoms with E-state index in [2.05, 4.69) is 17.4 Å². The molecule has 0 fully saturated rings. The van der Waals surface area contributed by atoms with Gasteiger partial charge in [-0.3, -0.25) is 4.79 Å². The largest absolute Gasteiger partial charge is 0.493 e. The first-order chi connectivity index (χ1) is 12.7. The van der Waals surface area contributed by atoms with E-state index in [1.807, 2.05) is 55.5 Å². The molecule has 0 radical (unpaired) electrons. The SMILES string of the molecule is C/C=C/c1ccc(OCC(=O)NCCSCc2ccccc2)c(OC)c1. The summed E-state index contributed by atoms with van der Waals surface area (Å²) in [6, 6.07) is 15.9. The highest BCUT2D eigenvalue weighted by Crippen LogP contribution is 2.28. The van der Waals surface area contributed by atoms with Gasteiger partial charge in [-0.25, -0.2) is 0 Å². The molecule has 26 heavy (non-hydrogen) atoms. The lowest BCUT2D eigenvalue weighted by Crippen LogP contribution is -2.30. The number of hydrogen-bond donors (Lipinski definition) is 1. The van der Waals surface area contributed by atoms with Gasteiger partial charge >= 0.3 is 0 Å². The highest BCUT2D eigenvalue weighted by Gasteiger charge is 2.08. The maximum atomic E-state index is 11.9. The minimum Gasteiger partial charge on any atom is -0.493 e. The number of nitrogens with one attached hydrogen (secondary N) is 1. The Bertz CT molecular complexity index is 716. The van der Waals surface area contributed by atoms with E-state index in [0.29, 0.717) is 18.0 Å². The van der Waals surface area contributed by atoms with E-state index < -0.39 is 0 Å². The van der Waals surface area contributed by atoms with E-state index in [-0.39, 0.29) is 12.5 Å². The smallest absolute Gasteiger partial charge is 0.257 e. The van der Waals surface area contributed by atoms with Crippen LogP contribution in [-0.4, -0.2) is 31.9 Å². The molecule has 0 unspecified atom stereocenters. The molecule has 0 spiro atoms. The summed E-state index contributed by atoms with van der Waals surface area (Å²) in [5.41, 5.74) is 2.32. The molecule has 1 N–H and O–H groups in total. The van der Waals surface area contributed by atoms with Crippen molar-refractivity contribution < 1.29 is 14.3 Å². The molecular formula is C21H25NO3S. The minimum absolute atomic E-state index is 0.0251. The summed E-state index contributed by atoms with van der Waals surface area (Å²) in [6.07, 6.45) is 3.94. The number of carbonyl (C=O) groups excluding carboxylic acids is 1. The first-order valence-electron chi connectivity index (χ1n) is 8.55. The number of ether oxygens (including phenoxy) is 2. The van der Waals surface area contributed by atoms with Crippen LogP contribution in [0.2, 0.25) is 0 Å². The molecule has 2 aromatic carbocycles. The van der Waals surface area contributed by atoms with Gasteiger partial charge in [0.2, 0.25) is 0 Å². The summed E-state index contributed by atoms with van der Waals surface area (Å²) in [7, 11) is 1.59. The third-order valence-electron chi connectivity index (χ3n) is 3.59. The zero-order valence-corrected chi connectivity index (χ0v) is 16.1. The summed E-state index contributed by atoms with van der Waals surface area (Å²) in [5, 5.41) is 2.87. The second-order valence-electron chi connectivity index (χ2n) is 5.59. The zero-order chi connectivity index (χ0) is 18.6. The topological polar surface area (TPSA) is 47.6 Å². The van der Waals surface area contributed by atoms with E-state index in [1.165, 1.54) is 5.56 Å². The number of carbonyl (C=O) groups is 1. The average molecular weight is 372 g/mol. The molecule has 1 amide bonds. The molecule has 5 heteroatoms. The lowest BCUT2D eigenvalue weighted by atomic mass is 10.2. The molecule has 0 saturated carbocycles. The quantitative estimate of drug-likeness (QED) is 0.637. The Balaban J connectivity index is 1.68. The second kappa shape index (κ2) is 11.3. The number of thioether (sulfide) groups is 1. The van der Waals surface area contributed by atoms with Crippen molar-refractivity contribution in [3.63, 3.8) is 0 Å². The van der Waals surface area contributed by atoms with E-state index in [0.717, 1.165) is 17.1 Å². The number of amides is 1. The molecule has 0 aliphatic carbocycles. The van der Waals surface area contributed by atoms with Crippen LogP contribution >= 0.6 is 11.8 Å². The van der Waals surface area contributed by atoms with Crippen LogP contribution in [0.25, 0.3) is 6.08 Å². The van der Waals surface area contributed by atoms with Gasteiger partial charge in [-0.1, -0.05) is 48.6 Å². The van der Waals surface area contributed by atoms with Crippen molar-refractivity contribution in [3.8, 4) is 11.5 Å². The number of benzene rings is 2. The molecule has 0 aliphatic heterocycles. The first kappa shape index (κ1) is 19.9. The standard InChI is InChI=1S/C21H25NO3S/c1-3-7-17-10-11-19(20(14-17)24-2)25-15-21(23)22-12-13-26-16-18-8-5-4-6-9-18/h3-11,14H,12-13,15-16H2,1-2H3,(H,22,23)/b7-3+. The molecule has 0 aliphatic rings. The third kappa shape index (κ3) is 6.84. The van der Waals surface area contributed by atoms with Crippen LogP contribution in [0.4, 0.5) is 0 Å². The summed E-state index contributed by atoms with van der Waals surface area (Å²) in [6.45, 7) is 2.55. The lowest BCUT2D eigenvalue weighted by Gasteiger charge is -2.11. The van der Waals surface area contributed by atoms with Crippen LogP contribution in [0, 0.1) is 0 Å². The predicted octanol–water partition coefficient (Wildman–Crippen LogP) is 4.16. The van der Waals surface area contributed by atoms with Crippen LogP contribution in [0.3, 0.4) is 0 Å². The second-order valence-corrected chi connectivity index (χ2v) is 6.69. The number of rotatable bonds is 10. The van der Waals surface area contributed by atoms with E-state index in [4.69, 9.17) is 9.47 Å². The Labute approximate surface area is 159 Å². The van der Waals surface area contributed by atoms with Crippen molar-refractivity contribution in [3.05, 3.63) is 65.7 Å². The van der Waals surface area contributed by atoms with Crippen LogP contribution in [-0.2, 0) is 10.5 Å². The summed E-state index contributed by atoms with van der Waals surface area (Å²) >= 11 is 1.79. The summed E-state index contributed by atoms with van der Waals surface area (Å²) in [5.74, 6) is 2.86. The Hall–Kier alpha value is -2.40. The fraction of sp³-hybridized carbons (Fsp3) is 0.286. The fourth-order valence-electron chi connectivity index (χ4n) is 2.32. The number of allylic oxidation sites excluding steroid dienone is 1. The number of methoxy groups -OCH3 is 1. The Morgan fingerprint density at radius 1 is 1.15 bits per heavy atom. The lowest BCUT2D eigenvalue weighted by molar-refractivity contribution is -0.122. The van der Waals surface area contributed by atoms with Crippen molar-refractivity contribution in [1.82, 2.24) is 5.32 Å². The van der Waals surface area contributed by atoms with Crippen LogP contribution < -0.4 is 14.8 Å². The van der Waals surface area contributed by atoms with Gasteiger partial charge in [0.15, 0.2) is 18.1 Å². The van der Waals surface area contributed by atoms with Crippen LogP contribution in [0.5, 0.6) is 11.5 Å². The molecule has 0 saturated heterocycles. The van der Waals surface area contributed by atoms with Gasteiger partial charge in [-0.05, 0) is 30.2 Å². The Kier molecular flexibility index (Phi) is 8.63. The normalized spacial score (nSPS) is 10.7.